The van der Waals surface area contributed by atoms with Crippen LogP contribution >= 0.6 is 11.6 Å². The molecule has 0 radical (unpaired) electrons. The first-order chi connectivity index (χ1) is 6.77. The molecular weight excluding hydrogens is 204 g/mol. The molecule has 0 aliphatic carbocycles. The van der Waals surface area contributed by atoms with Gasteiger partial charge in [0.25, 0.3) is 5.89 Å². The molecule has 2 heterocycles. The number of oxazole rings is 1. The molecule has 0 unspecified atom stereocenters. The van der Waals surface area contributed by atoms with E-state index in [0.29, 0.717) is 10.7 Å². The summed E-state index contributed by atoms with van der Waals surface area (Å²) in [6.07, 6.45) is 4.14. The third-order valence-corrected chi connectivity index (χ3v) is 1.84. The Morgan fingerprint density at radius 2 is 2.21 bits per heavy atom. The van der Waals surface area contributed by atoms with Crippen LogP contribution in [-0.4, -0.2) is 15.8 Å². The summed E-state index contributed by atoms with van der Waals surface area (Å²) in [5.74, 6) is -0.256. The molecule has 5 heteroatoms. The highest BCUT2D eigenvalue weighted by atomic mass is 35.5. The molecule has 14 heavy (non-hydrogen) atoms. The van der Waals surface area contributed by atoms with Gasteiger partial charge in [-0.25, -0.2) is 9.97 Å². The molecule has 0 N–H and O–H groups in total. The molecule has 70 valence electrons. The quantitative estimate of drug-likeness (QED) is 0.559. The van der Waals surface area contributed by atoms with Crippen molar-refractivity contribution >= 4 is 17.4 Å². The van der Waals surface area contributed by atoms with Gasteiger partial charge in [-0.2, -0.15) is 0 Å². The monoisotopic (exact) mass is 208 g/mol. The number of nitrogens with zero attached hydrogens (tertiary/aromatic N) is 2. The van der Waals surface area contributed by atoms with E-state index >= 15 is 0 Å². The average molecular weight is 209 g/mol. The minimum absolute atomic E-state index is 0.0501. The molecule has 0 saturated carbocycles. The Labute approximate surface area is 84.6 Å². The summed E-state index contributed by atoms with van der Waals surface area (Å²) < 4.78 is 4.86. The molecule has 0 atom stereocenters. The zero-order valence-corrected chi connectivity index (χ0v) is 7.73. The van der Waals surface area contributed by atoms with Gasteiger partial charge in [0.2, 0.25) is 5.78 Å². The van der Waals surface area contributed by atoms with Gasteiger partial charge < -0.3 is 4.42 Å². The molecule has 0 saturated heterocycles. The molecule has 0 aliphatic heterocycles. The van der Waals surface area contributed by atoms with Crippen molar-refractivity contribution in [2.24, 2.45) is 0 Å². The number of hydrogen-bond donors (Lipinski definition) is 0. The Morgan fingerprint density at radius 1 is 1.36 bits per heavy atom. The van der Waals surface area contributed by atoms with Crippen LogP contribution in [0.25, 0.3) is 0 Å². The summed E-state index contributed by atoms with van der Waals surface area (Å²) in [5.41, 5.74) is 0.400. The summed E-state index contributed by atoms with van der Waals surface area (Å²) in [7, 11) is 0. The maximum absolute atomic E-state index is 11.6. The molecule has 2 aromatic heterocycles. The standard InChI is InChI=1S/C9H5ClN2O2/c10-7-2-1-6(5-12-7)8(13)9-11-3-4-14-9/h1-5H. The molecule has 0 bridgehead atoms. The summed E-state index contributed by atoms with van der Waals surface area (Å²) in [5, 5.41) is 0.342. The second-order valence-electron chi connectivity index (χ2n) is 2.54. The lowest BCUT2D eigenvalue weighted by molar-refractivity contribution is 0.100. The number of aromatic nitrogens is 2. The maximum atomic E-state index is 11.6. The van der Waals surface area contributed by atoms with E-state index in [2.05, 4.69) is 9.97 Å². The smallest absolute Gasteiger partial charge is 0.268 e. The van der Waals surface area contributed by atoms with Crippen molar-refractivity contribution in [2.45, 2.75) is 0 Å². The molecule has 0 aliphatic rings. The maximum Gasteiger partial charge on any atom is 0.268 e. The predicted octanol–water partition coefficient (Wildman–Crippen LogP) is 1.95. The van der Waals surface area contributed by atoms with E-state index in [1.165, 1.54) is 24.7 Å². The van der Waals surface area contributed by atoms with Crippen LogP contribution in [0.3, 0.4) is 0 Å². The van der Waals surface area contributed by atoms with Crippen LogP contribution in [0.1, 0.15) is 16.2 Å². The molecule has 2 aromatic rings. The van der Waals surface area contributed by atoms with Crippen molar-refractivity contribution in [3.8, 4) is 0 Å². The molecule has 0 aromatic carbocycles. The molecule has 2 rings (SSSR count). The minimum atomic E-state index is -0.306. The number of ketones is 1. The van der Waals surface area contributed by atoms with Crippen molar-refractivity contribution in [1.82, 2.24) is 9.97 Å². The highest BCUT2D eigenvalue weighted by Gasteiger charge is 2.13. The third-order valence-electron chi connectivity index (χ3n) is 1.62. The van der Waals surface area contributed by atoms with Crippen LogP contribution in [0.2, 0.25) is 5.15 Å². The van der Waals surface area contributed by atoms with Gasteiger partial charge in [-0.1, -0.05) is 11.6 Å². The summed E-state index contributed by atoms with van der Waals surface area (Å²) in [6.45, 7) is 0. The van der Waals surface area contributed by atoms with Gasteiger partial charge in [-0.15, -0.1) is 0 Å². The summed E-state index contributed by atoms with van der Waals surface area (Å²) >= 11 is 5.58. The van der Waals surface area contributed by atoms with E-state index in [0.717, 1.165) is 0 Å². The first-order valence-corrected chi connectivity index (χ1v) is 4.21. The van der Waals surface area contributed by atoms with Crippen LogP contribution < -0.4 is 0 Å². The van der Waals surface area contributed by atoms with Crippen molar-refractivity contribution < 1.29 is 9.21 Å². The van der Waals surface area contributed by atoms with E-state index in [9.17, 15) is 4.79 Å². The SMILES string of the molecule is O=C(c1ccc(Cl)nc1)c1ncco1. The van der Waals surface area contributed by atoms with Gasteiger partial charge in [0.1, 0.15) is 11.4 Å². The lowest BCUT2D eigenvalue weighted by Crippen LogP contribution is -2.01. The van der Waals surface area contributed by atoms with Crippen LogP contribution in [0.5, 0.6) is 0 Å². The van der Waals surface area contributed by atoms with Gasteiger partial charge in [0, 0.05) is 11.8 Å². The normalized spacial score (nSPS) is 10.1. The van der Waals surface area contributed by atoms with Gasteiger partial charge in [-0.05, 0) is 12.1 Å². The van der Waals surface area contributed by atoms with E-state index in [1.807, 2.05) is 0 Å². The lowest BCUT2D eigenvalue weighted by atomic mass is 10.2. The zero-order chi connectivity index (χ0) is 9.97. The second kappa shape index (κ2) is 3.59. The number of carbonyl (C=O) groups excluding carboxylic acids is 1. The number of pyridine rings is 1. The Morgan fingerprint density at radius 3 is 2.79 bits per heavy atom. The number of hydrogen-bond acceptors (Lipinski definition) is 4. The Kier molecular flexibility index (Phi) is 2.28. The zero-order valence-electron chi connectivity index (χ0n) is 6.98. The fraction of sp³-hybridized carbons (Fsp3) is 0. The average Bonchev–Trinajstić information content (AvgIpc) is 2.71. The minimum Gasteiger partial charge on any atom is -0.442 e. The van der Waals surface area contributed by atoms with Gasteiger partial charge in [-0.3, -0.25) is 4.79 Å². The fourth-order valence-corrected chi connectivity index (χ4v) is 1.08. The second-order valence-corrected chi connectivity index (χ2v) is 2.92. The van der Waals surface area contributed by atoms with Crippen molar-refractivity contribution in [3.63, 3.8) is 0 Å². The third kappa shape index (κ3) is 1.65. The van der Waals surface area contributed by atoms with Gasteiger partial charge in [0.05, 0.1) is 6.20 Å². The molecule has 0 fully saturated rings. The number of carbonyl (C=O) groups is 1. The highest BCUT2D eigenvalue weighted by molar-refractivity contribution is 6.29. The topological polar surface area (TPSA) is 56.0 Å². The fourth-order valence-electron chi connectivity index (χ4n) is 0.969. The molecular formula is C9H5ClN2O2. The number of rotatable bonds is 2. The summed E-state index contributed by atoms with van der Waals surface area (Å²) in [6, 6.07) is 3.11. The van der Waals surface area contributed by atoms with E-state index < -0.39 is 0 Å². The van der Waals surface area contributed by atoms with Crippen molar-refractivity contribution in [1.29, 1.82) is 0 Å². The Balaban J connectivity index is 2.33. The van der Waals surface area contributed by atoms with Crippen LogP contribution in [-0.2, 0) is 0 Å². The summed E-state index contributed by atoms with van der Waals surface area (Å²) in [4.78, 5) is 19.1. The van der Waals surface area contributed by atoms with Crippen LogP contribution in [0.4, 0.5) is 0 Å². The van der Waals surface area contributed by atoms with E-state index in [4.69, 9.17) is 16.0 Å². The number of halogens is 1. The largest absolute Gasteiger partial charge is 0.442 e. The lowest BCUT2D eigenvalue weighted by Gasteiger charge is -1.95. The molecule has 0 amide bonds. The van der Waals surface area contributed by atoms with Crippen molar-refractivity contribution in [3.05, 3.63) is 47.4 Å². The van der Waals surface area contributed by atoms with Gasteiger partial charge >= 0.3 is 0 Å². The predicted molar refractivity (Wildman–Crippen MR) is 49.2 cm³/mol. The first-order valence-electron chi connectivity index (χ1n) is 3.83. The van der Waals surface area contributed by atoms with Crippen LogP contribution in [0.15, 0.2) is 35.2 Å². The van der Waals surface area contributed by atoms with Crippen molar-refractivity contribution in [2.75, 3.05) is 0 Å². The highest BCUT2D eigenvalue weighted by Crippen LogP contribution is 2.09. The van der Waals surface area contributed by atoms with E-state index in [-0.39, 0.29) is 11.7 Å². The van der Waals surface area contributed by atoms with Gasteiger partial charge in [0.15, 0.2) is 0 Å². The molecule has 0 spiro atoms. The van der Waals surface area contributed by atoms with Crippen LogP contribution in [0, 0.1) is 0 Å². The Hall–Kier alpha value is -1.68. The van der Waals surface area contributed by atoms with E-state index in [1.54, 1.807) is 6.07 Å². The molecule has 4 nitrogen and oxygen atoms in total. The Bertz CT molecular complexity index is 436. The first kappa shape index (κ1) is 8.90.